The van der Waals surface area contributed by atoms with E-state index in [1.807, 2.05) is 0 Å². The van der Waals surface area contributed by atoms with Crippen LogP contribution >= 0.6 is 0 Å². The van der Waals surface area contributed by atoms with Gasteiger partial charge in [-0.15, -0.1) is 0 Å². The van der Waals surface area contributed by atoms with Crippen molar-refractivity contribution in [3.8, 4) is 0 Å². The maximum absolute atomic E-state index is 10.8. The van der Waals surface area contributed by atoms with Crippen LogP contribution in [0.3, 0.4) is 0 Å². The minimum atomic E-state index is -0.726. The van der Waals surface area contributed by atoms with Crippen LogP contribution in [0.1, 0.15) is 53.9 Å². The standard InChI is InChI=1S/C14H27NO3/c1-13(2,3)15(8-6-12(16)17)11-7-9-18-14(4,5)10-11/h11H,6-10H2,1-5H3,(H,16,17). The molecule has 0 aliphatic carbocycles. The van der Waals surface area contributed by atoms with E-state index in [0.717, 1.165) is 19.4 Å². The molecule has 1 aliphatic heterocycles. The molecule has 1 atom stereocenters. The Morgan fingerprint density at radius 1 is 1.44 bits per heavy atom. The highest BCUT2D eigenvalue weighted by Crippen LogP contribution is 2.31. The van der Waals surface area contributed by atoms with Gasteiger partial charge in [-0.2, -0.15) is 0 Å². The Bertz CT molecular complexity index is 294. The van der Waals surface area contributed by atoms with E-state index in [1.165, 1.54) is 0 Å². The fourth-order valence-corrected chi connectivity index (χ4v) is 2.75. The zero-order valence-corrected chi connectivity index (χ0v) is 12.3. The van der Waals surface area contributed by atoms with Crippen LogP contribution < -0.4 is 0 Å². The molecule has 1 heterocycles. The summed E-state index contributed by atoms with van der Waals surface area (Å²) >= 11 is 0. The third kappa shape index (κ3) is 4.58. The molecule has 106 valence electrons. The van der Waals surface area contributed by atoms with Crippen molar-refractivity contribution in [1.82, 2.24) is 4.90 Å². The van der Waals surface area contributed by atoms with E-state index < -0.39 is 5.97 Å². The summed E-state index contributed by atoms with van der Waals surface area (Å²) in [5.41, 5.74) is -0.108. The predicted octanol–water partition coefficient (Wildman–Crippen LogP) is 2.52. The van der Waals surface area contributed by atoms with Crippen LogP contribution in [0, 0.1) is 0 Å². The fraction of sp³-hybridized carbons (Fsp3) is 0.929. The highest BCUT2D eigenvalue weighted by Gasteiger charge is 2.36. The molecule has 0 spiro atoms. The van der Waals surface area contributed by atoms with Gasteiger partial charge in [-0.3, -0.25) is 9.69 Å². The summed E-state index contributed by atoms with van der Waals surface area (Å²) in [7, 11) is 0. The molecule has 0 radical (unpaired) electrons. The molecule has 0 aromatic heterocycles. The number of ether oxygens (including phenoxy) is 1. The Hall–Kier alpha value is -0.610. The number of nitrogens with zero attached hydrogens (tertiary/aromatic N) is 1. The Kier molecular flexibility index (Phi) is 4.78. The van der Waals surface area contributed by atoms with Crippen molar-refractivity contribution in [2.45, 2.75) is 71.1 Å². The lowest BCUT2D eigenvalue weighted by atomic mass is 9.89. The quantitative estimate of drug-likeness (QED) is 0.840. The number of carboxylic acid groups (broad SMARTS) is 1. The summed E-state index contributed by atoms with van der Waals surface area (Å²) in [5, 5.41) is 8.88. The van der Waals surface area contributed by atoms with E-state index in [4.69, 9.17) is 9.84 Å². The highest BCUT2D eigenvalue weighted by atomic mass is 16.5. The zero-order valence-electron chi connectivity index (χ0n) is 12.3. The van der Waals surface area contributed by atoms with Crippen molar-refractivity contribution < 1.29 is 14.6 Å². The molecule has 0 bridgehead atoms. The lowest BCUT2D eigenvalue weighted by Gasteiger charge is -2.47. The van der Waals surface area contributed by atoms with Crippen molar-refractivity contribution in [3.05, 3.63) is 0 Å². The lowest BCUT2D eigenvalue weighted by molar-refractivity contribution is -0.138. The summed E-state index contributed by atoms with van der Waals surface area (Å²) in [6.45, 7) is 12.0. The predicted molar refractivity (Wildman–Crippen MR) is 71.8 cm³/mol. The van der Waals surface area contributed by atoms with Gasteiger partial charge in [0, 0.05) is 24.7 Å². The van der Waals surface area contributed by atoms with Gasteiger partial charge in [0.25, 0.3) is 0 Å². The van der Waals surface area contributed by atoms with Crippen LogP contribution in [-0.4, -0.2) is 46.3 Å². The van der Waals surface area contributed by atoms with Crippen LogP contribution in [0.25, 0.3) is 0 Å². The van der Waals surface area contributed by atoms with Gasteiger partial charge < -0.3 is 9.84 Å². The molecule has 0 aromatic carbocycles. The van der Waals surface area contributed by atoms with E-state index in [0.29, 0.717) is 12.6 Å². The molecule has 1 aliphatic rings. The van der Waals surface area contributed by atoms with Crippen molar-refractivity contribution in [3.63, 3.8) is 0 Å². The van der Waals surface area contributed by atoms with Crippen molar-refractivity contribution >= 4 is 5.97 Å². The van der Waals surface area contributed by atoms with Crippen LogP contribution in [-0.2, 0) is 9.53 Å². The van der Waals surface area contributed by atoms with Crippen molar-refractivity contribution in [2.75, 3.05) is 13.2 Å². The van der Waals surface area contributed by atoms with Gasteiger partial charge in [0.05, 0.1) is 12.0 Å². The molecule has 4 heteroatoms. The third-order valence-corrected chi connectivity index (χ3v) is 3.54. The van der Waals surface area contributed by atoms with Gasteiger partial charge in [-0.05, 0) is 47.5 Å². The average Bonchev–Trinajstić information content (AvgIpc) is 2.13. The molecule has 1 rings (SSSR count). The van der Waals surface area contributed by atoms with Crippen molar-refractivity contribution in [2.24, 2.45) is 0 Å². The summed E-state index contributed by atoms with van der Waals surface area (Å²) in [5.74, 6) is -0.726. The Morgan fingerprint density at radius 3 is 2.50 bits per heavy atom. The molecule has 0 aromatic rings. The second kappa shape index (κ2) is 5.57. The maximum atomic E-state index is 10.8. The van der Waals surface area contributed by atoms with Crippen LogP contribution in [0.15, 0.2) is 0 Å². The third-order valence-electron chi connectivity index (χ3n) is 3.54. The smallest absolute Gasteiger partial charge is 0.304 e. The number of rotatable bonds is 4. The molecule has 4 nitrogen and oxygen atoms in total. The lowest BCUT2D eigenvalue weighted by Crippen LogP contribution is -2.53. The largest absolute Gasteiger partial charge is 0.481 e. The van der Waals surface area contributed by atoms with Gasteiger partial charge >= 0.3 is 5.97 Å². The van der Waals surface area contributed by atoms with E-state index in [2.05, 4.69) is 39.5 Å². The van der Waals surface area contributed by atoms with E-state index in [9.17, 15) is 4.79 Å². The topological polar surface area (TPSA) is 49.8 Å². The number of hydrogen-bond acceptors (Lipinski definition) is 3. The van der Waals surface area contributed by atoms with E-state index in [1.54, 1.807) is 0 Å². The van der Waals surface area contributed by atoms with Gasteiger partial charge in [-0.25, -0.2) is 0 Å². The Labute approximate surface area is 110 Å². The molecule has 1 fully saturated rings. The molecule has 0 amide bonds. The SMILES string of the molecule is CC1(C)CC(N(CCC(=O)O)C(C)(C)C)CCO1. The first-order chi connectivity index (χ1) is 8.12. The number of carboxylic acids is 1. The van der Waals surface area contributed by atoms with Gasteiger partial charge in [-0.1, -0.05) is 0 Å². The van der Waals surface area contributed by atoms with E-state index >= 15 is 0 Å². The zero-order chi connectivity index (χ0) is 14.0. The number of hydrogen-bond donors (Lipinski definition) is 1. The number of carbonyl (C=O) groups is 1. The first-order valence-corrected chi connectivity index (χ1v) is 6.74. The molecular weight excluding hydrogens is 230 g/mol. The Morgan fingerprint density at radius 2 is 2.06 bits per heavy atom. The minimum absolute atomic E-state index is 0.00641. The molecule has 18 heavy (non-hydrogen) atoms. The highest BCUT2D eigenvalue weighted by molar-refractivity contribution is 5.66. The molecule has 1 unspecified atom stereocenters. The molecule has 1 N–H and O–H groups in total. The van der Waals surface area contributed by atoms with Crippen molar-refractivity contribution in [1.29, 1.82) is 0 Å². The first kappa shape index (κ1) is 15.4. The molecular formula is C14H27NO3. The maximum Gasteiger partial charge on any atom is 0.304 e. The normalized spacial score (nSPS) is 24.2. The van der Waals surface area contributed by atoms with E-state index in [-0.39, 0.29) is 17.6 Å². The number of aliphatic carboxylic acids is 1. The first-order valence-electron chi connectivity index (χ1n) is 6.74. The van der Waals surface area contributed by atoms with Crippen LogP contribution in [0.5, 0.6) is 0 Å². The summed E-state index contributed by atoms with van der Waals surface area (Å²) in [6.07, 6.45) is 2.15. The van der Waals surface area contributed by atoms with Crippen LogP contribution in [0.4, 0.5) is 0 Å². The average molecular weight is 257 g/mol. The van der Waals surface area contributed by atoms with Crippen LogP contribution in [0.2, 0.25) is 0 Å². The van der Waals surface area contributed by atoms with Gasteiger partial charge in [0.15, 0.2) is 0 Å². The Balaban J connectivity index is 2.73. The molecule has 1 saturated heterocycles. The monoisotopic (exact) mass is 257 g/mol. The minimum Gasteiger partial charge on any atom is -0.481 e. The fourth-order valence-electron chi connectivity index (χ4n) is 2.75. The molecule has 0 saturated carbocycles. The summed E-state index contributed by atoms with van der Waals surface area (Å²) in [6, 6.07) is 0.410. The van der Waals surface area contributed by atoms with Gasteiger partial charge in [0.2, 0.25) is 0 Å². The second-order valence-corrected chi connectivity index (χ2v) is 6.76. The second-order valence-electron chi connectivity index (χ2n) is 6.76. The van der Waals surface area contributed by atoms with Gasteiger partial charge in [0.1, 0.15) is 0 Å². The summed E-state index contributed by atoms with van der Waals surface area (Å²) in [4.78, 5) is 13.1. The summed E-state index contributed by atoms with van der Waals surface area (Å²) < 4.78 is 5.74.